The van der Waals surface area contributed by atoms with E-state index in [9.17, 15) is 4.79 Å². The first-order chi connectivity index (χ1) is 5.56. The predicted octanol–water partition coefficient (Wildman–Crippen LogP) is 2.96. The van der Waals surface area contributed by atoms with Gasteiger partial charge in [-0.15, -0.1) is 0 Å². The van der Waals surface area contributed by atoms with Gasteiger partial charge in [0.25, 0.3) is 0 Å². The van der Waals surface area contributed by atoms with Crippen molar-refractivity contribution in [3.63, 3.8) is 0 Å². The van der Waals surface area contributed by atoms with Crippen molar-refractivity contribution in [2.45, 2.75) is 40.0 Å². The molecule has 1 aliphatic rings. The van der Waals surface area contributed by atoms with E-state index in [4.69, 9.17) is 0 Å². The van der Waals surface area contributed by atoms with Crippen molar-refractivity contribution in [2.24, 2.45) is 11.3 Å². The van der Waals surface area contributed by atoms with Crippen LogP contribution in [-0.4, -0.2) is 5.78 Å². The lowest BCUT2D eigenvalue weighted by Gasteiger charge is -2.31. The average Bonchev–Trinajstić information content (AvgIpc) is 1.98. The van der Waals surface area contributed by atoms with Gasteiger partial charge in [-0.3, -0.25) is 4.79 Å². The molecule has 0 saturated heterocycles. The normalized spacial score (nSPS) is 29.6. The number of carbonyl (C=O) groups is 1. The molecule has 0 N–H and O–H groups in total. The van der Waals surface area contributed by atoms with Gasteiger partial charge in [0.1, 0.15) is 5.78 Å². The van der Waals surface area contributed by atoms with Crippen molar-refractivity contribution < 1.29 is 4.79 Å². The van der Waals surface area contributed by atoms with Crippen LogP contribution in [0.3, 0.4) is 0 Å². The zero-order chi connectivity index (χ0) is 9.19. The van der Waals surface area contributed by atoms with Gasteiger partial charge in [0.2, 0.25) is 0 Å². The summed E-state index contributed by atoms with van der Waals surface area (Å²) in [4.78, 5) is 11.6. The molecule has 0 bridgehead atoms. The maximum absolute atomic E-state index is 11.6. The summed E-state index contributed by atoms with van der Waals surface area (Å²) in [5.41, 5.74) is -0.0575. The Bertz CT molecular complexity index is 201. The molecule has 0 aromatic carbocycles. The SMILES string of the molecule is C/C=C/C1CCC(C)(C)C(=O)C1. The lowest BCUT2D eigenvalue weighted by Crippen LogP contribution is -2.31. The fraction of sp³-hybridized carbons (Fsp3) is 0.727. The van der Waals surface area contributed by atoms with E-state index in [1.54, 1.807) is 0 Å². The zero-order valence-corrected chi connectivity index (χ0v) is 8.26. The maximum Gasteiger partial charge on any atom is 0.139 e. The summed E-state index contributed by atoms with van der Waals surface area (Å²) in [5.74, 6) is 0.937. The van der Waals surface area contributed by atoms with Crippen molar-refractivity contribution in [2.75, 3.05) is 0 Å². The van der Waals surface area contributed by atoms with Crippen LogP contribution in [0.25, 0.3) is 0 Å². The summed E-state index contributed by atoms with van der Waals surface area (Å²) >= 11 is 0. The Morgan fingerprint density at radius 2 is 2.17 bits per heavy atom. The van der Waals surface area contributed by atoms with E-state index >= 15 is 0 Å². The Hall–Kier alpha value is -0.590. The Labute approximate surface area is 74.9 Å². The molecule has 1 atom stereocenters. The van der Waals surface area contributed by atoms with Gasteiger partial charge in [-0.25, -0.2) is 0 Å². The van der Waals surface area contributed by atoms with Crippen LogP contribution in [0.5, 0.6) is 0 Å². The third-order valence-electron chi connectivity index (χ3n) is 2.81. The first kappa shape index (κ1) is 9.50. The van der Waals surface area contributed by atoms with Crippen LogP contribution in [0, 0.1) is 11.3 Å². The van der Waals surface area contributed by atoms with Gasteiger partial charge in [-0.2, -0.15) is 0 Å². The molecule has 68 valence electrons. The quantitative estimate of drug-likeness (QED) is 0.547. The molecule has 1 fully saturated rings. The third-order valence-corrected chi connectivity index (χ3v) is 2.81. The standard InChI is InChI=1S/C11H18O/c1-4-5-9-6-7-11(2,3)10(12)8-9/h4-5,9H,6-8H2,1-3H3/b5-4+. The van der Waals surface area contributed by atoms with Crippen LogP contribution in [0.4, 0.5) is 0 Å². The number of ketones is 1. The van der Waals surface area contributed by atoms with Crippen LogP contribution in [-0.2, 0) is 4.79 Å². The summed E-state index contributed by atoms with van der Waals surface area (Å²) in [5, 5.41) is 0. The van der Waals surface area contributed by atoms with E-state index in [1.807, 2.05) is 6.92 Å². The number of rotatable bonds is 1. The van der Waals surface area contributed by atoms with Crippen LogP contribution >= 0.6 is 0 Å². The first-order valence-electron chi connectivity index (χ1n) is 4.72. The topological polar surface area (TPSA) is 17.1 Å². The maximum atomic E-state index is 11.6. The van der Waals surface area contributed by atoms with Crippen molar-refractivity contribution >= 4 is 5.78 Å². The highest BCUT2D eigenvalue weighted by atomic mass is 16.1. The lowest BCUT2D eigenvalue weighted by molar-refractivity contribution is -0.130. The van der Waals surface area contributed by atoms with Crippen molar-refractivity contribution in [3.05, 3.63) is 12.2 Å². The molecule has 0 aliphatic heterocycles. The summed E-state index contributed by atoms with van der Waals surface area (Å²) in [6.45, 7) is 6.13. The fourth-order valence-electron chi connectivity index (χ4n) is 1.74. The molecule has 0 aromatic rings. The van der Waals surface area contributed by atoms with E-state index in [1.165, 1.54) is 6.42 Å². The molecular formula is C11H18O. The van der Waals surface area contributed by atoms with E-state index in [0.29, 0.717) is 11.7 Å². The molecule has 12 heavy (non-hydrogen) atoms. The molecule has 1 rings (SSSR count). The molecule has 1 nitrogen and oxygen atoms in total. The highest BCUT2D eigenvalue weighted by Gasteiger charge is 2.33. The number of hydrogen-bond acceptors (Lipinski definition) is 1. The summed E-state index contributed by atoms with van der Waals surface area (Å²) in [6.07, 6.45) is 7.17. The molecule has 1 saturated carbocycles. The highest BCUT2D eigenvalue weighted by molar-refractivity contribution is 5.85. The minimum atomic E-state index is -0.0575. The monoisotopic (exact) mass is 166 g/mol. The summed E-state index contributed by atoms with van der Waals surface area (Å²) < 4.78 is 0. The number of hydrogen-bond donors (Lipinski definition) is 0. The average molecular weight is 166 g/mol. The minimum Gasteiger partial charge on any atom is -0.299 e. The van der Waals surface area contributed by atoms with Gasteiger partial charge in [0.05, 0.1) is 0 Å². The molecule has 0 radical (unpaired) electrons. The van der Waals surface area contributed by atoms with Crippen LogP contribution < -0.4 is 0 Å². The first-order valence-corrected chi connectivity index (χ1v) is 4.72. The van der Waals surface area contributed by atoms with Crippen molar-refractivity contribution in [3.8, 4) is 0 Å². The van der Waals surface area contributed by atoms with Crippen molar-refractivity contribution in [1.82, 2.24) is 0 Å². The lowest BCUT2D eigenvalue weighted by atomic mass is 9.72. The van der Waals surface area contributed by atoms with E-state index in [0.717, 1.165) is 12.8 Å². The van der Waals surface area contributed by atoms with Crippen LogP contribution in [0.2, 0.25) is 0 Å². The number of allylic oxidation sites excluding steroid dienone is 2. The third kappa shape index (κ3) is 1.96. The second-order valence-corrected chi connectivity index (χ2v) is 4.34. The molecular weight excluding hydrogens is 148 g/mol. The second-order valence-electron chi connectivity index (χ2n) is 4.34. The molecule has 0 spiro atoms. The molecule has 0 aromatic heterocycles. The van der Waals surface area contributed by atoms with Gasteiger partial charge in [-0.05, 0) is 25.7 Å². The van der Waals surface area contributed by atoms with Gasteiger partial charge < -0.3 is 0 Å². The predicted molar refractivity (Wildman–Crippen MR) is 50.9 cm³/mol. The second kappa shape index (κ2) is 3.42. The van der Waals surface area contributed by atoms with Crippen molar-refractivity contribution in [1.29, 1.82) is 0 Å². The Morgan fingerprint density at radius 1 is 1.50 bits per heavy atom. The Kier molecular flexibility index (Phi) is 2.71. The highest BCUT2D eigenvalue weighted by Crippen LogP contribution is 2.35. The van der Waals surface area contributed by atoms with E-state index in [2.05, 4.69) is 26.0 Å². The molecule has 1 aliphatic carbocycles. The summed E-state index contributed by atoms with van der Waals surface area (Å²) in [7, 11) is 0. The molecule has 0 heterocycles. The zero-order valence-electron chi connectivity index (χ0n) is 8.26. The largest absolute Gasteiger partial charge is 0.299 e. The van der Waals surface area contributed by atoms with Gasteiger partial charge in [0.15, 0.2) is 0 Å². The minimum absolute atomic E-state index is 0.0575. The van der Waals surface area contributed by atoms with Crippen LogP contribution in [0.15, 0.2) is 12.2 Å². The molecule has 1 unspecified atom stereocenters. The van der Waals surface area contributed by atoms with E-state index in [-0.39, 0.29) is 5.41 Å². The van der Waals surface area contributed by atoms with Gasteiger partial charge >= 0.3 is 0 Å². The molecule has 1 heteroatoms. The van der Waals surface area contributed by atoms with E-state index < -0.39 is 0 Å². The smallest absolute Gasteiger partial charge is 0.139 e. The fourth-order valence-corrected chi connectivity index (χ4v) is 1.74. The van der Waals surface area contributed by atoms with Gasteiger partial charge in [0, 0.05) is 11.8 Å². The summed E-state index contributed by atoms with van der Waals surface area (Å²) in [6, 6.07) is 0. The molecule has 0 amide bonds. The Morgan fingerprint density at radius 3 is 2.67 bits per heavy atom. The number of Topliss-reactive ketones (excluding diaryl/α,β-unsaturated/α-hetero) is 1. The number of carbonyl (C=O) groups excluding carboxylic acids is 1. The van der Waals surface area contributed by atoms with Crippen LogP contribution in [0.1, 0.15) is 40.0 Å². The van der Waals surface area contributed by atoms with Gasteiger partial charge in [-0.1, -0.05) is 26.0 Å². The Balaban J connectivity index is 2.58.